The Morgan fingerprint density at radius 1 is 1.04 bits per heavy atom. The zero-order chi connectivity index (χ0) is 17.2. The van der Waals surface area contributed by atoms with Gasteiger partial charge in [0, 0.05) is 17.2 Å². The third-order valence-electron chi connectivity index (χ3n) is 4.11. The number of benzene rings is 1. The molecule has 0 fully saturated rings. The molecule has 1 aromatic carbocycles. The Balaban J connectivity index is 1.48. The fourth-order valence-electron chi connectivity index (χ4n) is 2.92. The second kappa shape index (κ2) is 6.82. The van der Waals surface area contributed by atoms with E-state index < -0.39 is 0 Å². The maximum Gasteiger partial charge on any atom is 0.136 e. The largest absolute Gasteiger partial charge is 0.341 e. The average Bonchev–Trinajstić information content (AvgIpc) is 3.23. The minimum Gasteiger partial charge on any atom is -0.341 e. The van der Waals surface area contributed by atoms with E-state index in [9.17, 15) is 0 Å². The highest BCUT2D eigenvalue weighted by molar-refractivity contribution is 9.10. The molecule has 25 heavy (non-hydrogen) atoms. The number of H-pyrrole nitrogens is 1. The summed E-state index contributed by atoms with van der Waals surface area (Å²) in [5.74, 6) is 0.955. The molecule has 4 rings (SSSR count). The molecule has 0 bridgehead atoms. The molecule has 0 amide bonds. The molecule has 0 atom stereocenters. The van der Waals surface area contributed by atoms with Crippen molar-refractivity contribution in [3.63, 3.8) is 0 Å². The van der Waals surface area contributed by atoms with Crippen LogP contribution in [0.25, 0.3) is 16.9 Å². The maximum absolute atomic E-state index is 4.51. The predicted molar refractivity (Wildman–Crippen MR) is 102 cm³/mol. The predicted octanol–water partition coefficient (Wildman–Crippen LogP) is 4.12. The second-order valence-corrected chi connectivity index (χ2v) is 7.02. The summed E-state index contributed by atoms with van der Waals surface area (Å²) >= 11 is 3.52. The monoisotopic (exact) mass is 395 g/mol. The minimum atomic E-state index is 0.744. The summed E-state index contributed by atoms with van der Waals surface area (Å²) in [6, 6.07) is 14.3. The van der Waals surface area contributed by atoms with Crippen LogP contribution in [0.4, 0.5) is 0 Å². The number of nitrogens with one attached hydrogen (secondary N) is 1. The molecular weight excluding hydrogens is 378 g/mol. The SMILES string of the molecule is CN(Cc1ncc(-c2ccccc2)[nH]1)Cc1cnc2ccc(Br)cn12. The van der Waals surface area contributed by atoms with E-state index in [0.29, 0.717) is 0 Å². The Morgan fingerprint density at radius 3 is 2.72 bits per heavy atom. The summed E-state index contributed by atoms with van der Waals surface area (Å²) in [5.41, 5.74) is 4.29. The first-order valence-electron chi connectivity index (χ1n) is 8.08. The van der Waals surface area contributed by atoms with E-state index in [1.807, 2.05) is 48.9 Å². The van der Waals surface area contributed by atoms with Gasteiger partial charge in [0.05, 0.1) is 30.3 Å². The Labute approximate surface area is 154 Å². The van der Waals surface area contributed by atoms with Crippen molar-refractivity contribution >= 4 is 21.6 Å². The summed E-state index contributed by atoms with van der Waals surface area (Å²) in [6.07, 6.45) is 5.87. The molecule has 6 heteroatoms. The Morgan fingerprint density at radius 2 is 1.88 bits per heavy atom. The van der Waals surface area contributed by atoms with E-state index in [4.69, 9.17) is 0 Å². The lowest BCUT2D eigenvalue weighted by molar-refractivity contribution is 0.307. The highest BCUT2D eigenvalue weighted by atomic mass is 79.9. The third kappa shape index (κ3) is 3.50. The molecular formula is C19H18BrN5. The summed E-state index contributed by atoms with van der Waals surface area (Å²) < 4.78 is 3.15. The number of rotatable bonds is 5. The Bertz CT molecular complexity index is 989. The van der Waals surface area contributed by atoms with E-state index in [1.54, 1.807) is 0 Å². The zero-order valence-electron chi connectivity index (χ0n) is 13.9. The van der Waals surface area contributed by atoms with Crippen molar-refractivity contribution in [2.75, 3.05) is 7.05 Å². The van der Waals surface area contributed by atoms with Gasteiger partial charge in [-0.25, -0.2) is 9.97 Å². The molecule has 3 aromatic heterocycles. The van der Waals surface area contributed by atoms with Crippen molar-refractivity contribution < 1.29 is 0 Å². The zero-order valence-corrected chi connectivity index (χ0v) is 15.4. The number of aromatic nitrogens is 4. The normalized spacial score (nSPS) is 11.5. The number of pyridine rings is 1. The van der Waals surface area contributed by atoms with Crippen molar-refractivity contribution in [3.8, 4) is 11.3 Å². The van der Waals surface area contributed by atoms with Crippen LogP contribution in [-0.2, 0) is 13.1 Å². The van der Waals surface area contributed by atoms with Gasteiger partial charge in [-0.1, -0.05) is 30.3 Å². The van der Waals surface area contributed by atoms with E-state index in [2.05, 4.69) is 59.4 Å². The number of hydrogen-bond acceptors (Lipinski definition) is 3. The molecule has 0 saturated heterocycles. The number of halogens is 1. The van der Waals surface area contributed by atoms with Gasteiger partial charge in [-0.05, 0) is 40.7 Å². The van der Waals surface area contributed by atoms with Gasteiger partial charge in [0.1, 0.15) is 11.5 Å². The van der Waals surface area contributed by atoms with Crippen LogP contribution in [0.3, 0.4) is 0 Å². The number of fused-ring (bicyclic) bond motifs is 1. The lowest BCUT2D eigenvalue weighted by atomic mass is 10.2. The quantitative estimate of drug-likeness (QED) is 0.552. The summed E-state index contributed by atoms with van der Waals surface area (Å²) in [5, 5.41) is 0. The molecule has 0 aliphatic heterocycles. The fourth-order valence-corrected chi connectivity index (χ4v) is 3.25. The van der Waals surface area contributed by atoms with Crippen LogP contribution in [-0.4, -0.2) is 31.3 Å². The molecule has 3 heterocycles. The molecule has 0 spiro atoms. The van der Waals surface area contributed by atoms with Crippen molar-refractivity contribution in [1.29, 1.82) is 0 Å². The van der Waals surface area contributed by atoms with Crippen molar-refractivity contribution in [2.45, 2.75) is 13.1 Å². The van der Waals surface area contributed by atoms with Gasteiger partial charge in [-0.3, -0.25) is 4.90 Å². The standard InChI is InChI=1S/C19H18BrN5/c1-24(12-16-9-22-19-8-7-15(20)11-25(16)19)13-18-21-10-17(23-18)14-5-3-2-4-6-14/h2-11H,12-13H2,1H3,(H,21,23). The van der Waals surface area contributed by atoms with Crippen LogP contribution in [0.5, 0.6) is 0 Å². The summed E-state index contributed by atoms with van der Waals surface area (Å²) in [6.45, 7) is 1.53. The van der Waals surface area contributed by atoms with Crippen LogP contribution in [0.1, 0.15) is 11.5 Å². The number of nitrogens with zero attached hydrogens (tertiary/aromatic N) is 4. The van der Waals surface area contributed by atoms with Crippen molar-refractivity contribution in [1.82, 2.24) is 24.3 Å². The molecule has 0 unspecified atom stereocenters. The fraction of sp³-hybridized carbons (Fsp3) is 0.158. The van der Waals surface area contributed by atoms with Gasteiger partial charge in [0.15, 0.2) is 0 Å². The number of aromatic amines is 1. The lowest BCUT2D eigenvalue weighted by Crippen LogP contribution is -2.19. The van der Waals surface area contributed by atoms with Crippen LogP contribution < -0.4 is 0 Å². The smallest absolute Gasteiger partial charge is 0.136 e. The average molecular weight is 396 g/mol. The van der Waals surface area contributed by atoms with E-state index in [1.165, 1.54) is 0 Å². The van der Waals surface area contributed by atoms with E-state index in [-0.39, 0.29) is 0 Å². The van der Waals surface area contributed by atoms with Crippen molar-refractivity contribution in [2.24, 2.45) is 0 Å². The van der Waals surface area contributed by atoms with Gasteiger partial charge in [-0.15, -0.1) is 0 Å². The lowest BCUT2D eigenvalue weighted by Gasteiger charge is -2.14. The molecule has 5 nitrogen and oxygen atoms in total. The maximum atomic E-state index is 4.51. The second-order valence-electron chi connectivity index (χ2n) is 6.11. The van der Waals surface area contributed by atoms with Crippen LogP contribution in [0, 0.1) is 0 Å². The molecule has 1 N–H and O–H groups in total. The molecule has 0 saturated carbocycles. The highest BCUT2D eigenvalue weighted by Crippen LogP contribution is 2.18. The molecule has 126 valence electrons. The molecule has 4 aromatic rings. The first-order valence-corrected chi connectivity index (χ1v) is 8.88. The number of imidazole rings is 2. The first-order chi connectivity index (χ1) is 12.2. The van der Waals surface area contributed by atoms with Gasteiger partial charge < -0.3 is 9.38 Å². The first kappa shape index (κ1) is 16.1. The molecule has 0 aliphatic carbocycles. The van der Waals surface area contributed by atoms with Gasteiger partial charge in [0.2, 0.25) is 0 Å². The molecule has 0 radical (unpaired) electrons. The van der Waals surface area contributed by atoms with Crippen LogP contribution in [0.2, 0.25) is 0 Å². The Kier molecular flexibility index (Phi) is 4.38. The Hall–Kier alpha value is -2.44. The van der Waals surface area contributed by atoms with Crippen molar-refractivity contribution in [3.05, 3.63) is 77.0 Å². The summed E-state index contributed by atoms with van der Waals surface area (Å²) in [4.78, 5) is 14.6. The van der Waals surface area contributed by atoms with E-state index >= 15 is 0 Å². The highest BCUT2D eigenvalue weighted by Gasteiger charge is 2.10. The summed E-state index contributed by atoms with van der Waals surface area (Å²) in [7, 11) is 2.09. The van der Waals surface area contributed by atoms with Crippen LogP contribution >= 0.6 is 15.9 Å². The van der Waals surface area contributed by atoms with Gasteiger partial charge in [0.25, 0.3) is 0 Å². The topological polar surface area (TPSA) is 49.2 Å². The van der Waals surface area contributed by atoms with Crippen LogP contribution in [0.15, 0.2) is 65.5 Å². The van der Waals surface area contributed by atoms with E-state index in [0.717, 1.165) is 46.0 Å². The number of hydrogen-bond donors (Lipinski definition) is 1. The van der Waals surface area contributed by atoms with Gasteiger partial charge in [-0.2, -0.15) is 0 Å². The minimum absolute atomic E-state index is 0.744. The molecule has 0 aliphatic rings. The van der Waals surface area contributed by atoms with Gasteiger partial charge >= 0.3 is 0 Å². The third-order valence-corrected chi connectivity index (χ3v) is 4.58.